The second kappa shape index (κ2) is 20.6. The molecule has 308 valence electrons. The lowest BCUT2D eigenvalue weighted by Crippen LogP contribution is -2.25. The van der Waals surface area contributed by atoms with E-state index in [2.05, 4.69) is 90.1 Å². The SMILES string of the molecule is CCCCCCCCCCCCC1(C)C(=O)c2cc3c(cc2=C1C)C(=O)C(C)(CCCCCCCCCCCC)C=3c1ccc(-c2ccc(-c3ccc(C)s3)s2)s1. The molecular formula is C52H70O2S3. The summed E-state index contributed by atoms with van der Waals surface area (Å²) in [4.78, 5) is 37.0. The first kappa shape index (κ1) is 44.0. The lowest BCUT2D eigenvalue weighted by atomic mass is 9.75. The number of hydrogen-bond acceptors (Lipinski definition) is 5. The Morgan fingerprint density at radius 3 is 1.30 bits per heavy atom. The van der Waals surface area contributed by atoms with Gasteiger partial charge in [-0.25, -0.2) is 0 Å². The first-order valence-electron chi connectivity index (χ1n) is 22.9. The van der Waals surface area contributed by atoms with E-state index in [0.717, 1.165) is 64.8 Å². The molecular weight excluding hydrogens is 753 g/mol. The zero-order chi connectivity index (χ0) is 40.4. The highest BCUT2D eigenvalue weighted by atomic mass is 32.1. The minimum atomic E-state index is -0.606. The molecule has 2 unspecified atom stereocenters. The zero-order valence-corrected chi connectivity index (χ0v) is 38.7. The summed E-state index contributed by atoms with van der Waals surface area (Å²) in [6.45, 7) is 13.3. The van der Waals surface area contributed by atoms with E-state index in [1.54, 1.807) is 0 Å². The first-order valence-corrected chi connectivity index (χ1v) is 25.3. The summed E-state index contributed by atoms with van der Waals surface area (Å²) in [6, 6.07) is 17.7. The number of benzene rings is 1. The number of hydrogen-bond donors (Lipinski definition) is 0. The van der Waals surface area contributed by atoms with Crippen LogP contribution in [0.4, 0.5) is 0 Å². The summed E-state index contributed by atoms with van der Waals surface area (Å²) in [7, 11) is 0. The van der Waals surface area contributed by atoms with Gasteiger partial charge in [-0.1, -0.05) is 148 Å². The minimum absolute atomic E-state index is 0.246. The van der Waals surface area contributed by atoms with Crippen molar-refractivity contribution in [2.24, 2.45) is 10.8 Å². The third-order valence-electron chi connectivity index (χ3n) is 13.4. The number of unbranched alkanes of at least 4 members (excludes halogenated alkanes) is 18. The topological polar surface area (TPSA) is 34.1 Å². The Labute approximate surface area is 357 Å². The van der Waals surface area contributed by atoms with Crippen molar-refractivity contribution in [1.82, 2.24) is 0 Å². The van der Waals surface area contributed by atoms with Crippen molar-refractivity contribution in [2.75, 3.05) is 0 Å². The van der Waals surface area contributed by atoms with Gasteiger partial charge in [0, 0.05) is 40.4 Å². The molecule has 1 aromatic carbocycles. The van der Waals surface area contributed by atoms with Gasteiger partial charge in [0.25, 0.3) is 0 Å². The van der Waals surface area contributed by atoms with Crippen LogP contribution in [0.2, 0.25) is 0 Å². The van der Waals surface area contributed by atoms with Crippen LogP contribution in [-0.4, -0.2) is 11.6 Å². The van der Waals surface area contributed by atoms with Gasteiger partial charge in [0.15, 0.2) is 11.6 Å². The molecule has 5 heteroatoms. The van der Waals surface area contributed by atoms with Crippen molar-refractivity contribution in [2.45, 2.75) is 183 Å². The molecule has 3 heterocycles. The third-order valence-corrected chi connectivity index (χ3v) is 17.0. The monoisotopic (exact) mass is 822 g/mol. The van der Waals surface area contributed by atoms with Crippen LogP contribution in [0, 0.1) is 17.8 Å². The highest BCUT2D eigenvalue weighted by Crippen LogP contribution is 2.49. The molecule has 0 spiro atoms. The van der Waals surface area contributed by atoms with Crippen LogP contribution in [-0.2, 0) is 0 Å². The van der Waals surface area contributed by atoms with Gasteiger partial charge in [-0.2, -0.15) is 0 Å². The number of thiophene rings is 3. The molecule has 0 fully saturated rings. The van der Waals surface area contributed by atoms with Gasteiger partial charge in [-0.15, -0.1) is 34.0 Å². The first-order chi connectivity index (χ1) is 27.6. The van der Waals surface area contributed by atoms with Crippen molar-refractivity contribution >= 4 is 56.7 Å². The predicted molar refractivity (Wildman–Crippen MR) is 251 cm³/mol. The molecule has 0 saturated carbocycles. The van der Waals surface area contributed by atoms with Crippen LogP contribution < -0.4 is 10.4 Å². The molecule has 2 atom stereocenters. The van der Waals surface area contributed by atoms with E-state index in [1.165, 1.54) is 138 Å². The Balaban J connectivity index is 1.22. The second-order valence-electron chi connectivity index (χ2n) is 17.9. The summed E-state index contributed by atoms with van der Waals surface area (Å²) in [5.41, 5.74) is 2.87. The van der Waals surface area contributed by atoms with Crippen molar-refractivity contribution in [1.29, 1.82) is 0 Å². The molecule has 0 N–H and O–H groups in total. The van der Waals surface area contributed by atoms with E-state index in [9.17, 15) is 9.59 Å². The Morgan fingerprint density at radius 2 is 0.807 bits per heavy atom. The number of fused-ring (bicyclic) bond motifs is 2. The van der Waals surface area contributed by atoms with Gasteiger partial charge in [0.05, 0.1) is 10.8 Å². The molecule has 0 aliphatic heterocycles. The van der Waals surface area contributed by atoms with Gasteiger partial charge in [-0.3, -0.25) is 9.59 Å². The molecule has 57 heavy (non-hydrogen) atoms. The average Bonchev–Trinajstić information content (AvgIpc) is 4.04. The van der Waals surface area contributed by atoms with Crippen molar-refractivity contribution in [3.63, 3.8) is 0 Å². The normalized spacial score (nSPS) is 19.0. The quantitative estimate of drug-likeness (QED) is 0.0624. The van der Waals surface area contributed by atoms with E-state index < -0.39 is 10.8 Å². The van der Waals surface area contributed by atoms with E-state index in [-0.39, 0.29) is 11.6 Å². The number of carbonyl (C=O) groups excluding carboxylic acids is 2. The van der Waals surface area contributed by atoms with Crippen molar-refractivity contribution in [3.05, 3.63) is 79.8 Å². The highest BCUT2D eigenvalue weighted by molar-refractivity contribution is 7.26. The fourth-order valence-corrected chi connectivity index (χ4v) is 12.9. The van der Waals surface area contributed by atoms with Crippen LogP contribution in [0.3, 0.4) is 0 Å². The standard InChI is InChI=1S/C52H70O2S3/c1-7-9-11-13-15-17-19-21-23-25-33-51(5)38(4)39-35-42-40(36-41(39)49(51)53)48(52(6,50(42)54)34-26-24-22-20-18-16-14-12-10-8-2)47-32-31-46(57-47)45-30-29-44(56-45)43-28-27-37(3)55-43/h27-32,35-36H,7-26,33-34H2,1-6H3. The lowest BCUT2D eigenvalue weighted by molar-refractivity contribution is 0.0867. The number of ketones is 2. The number of carbonyl (C=O) groups is 2. The van der Waals surface area contributed by atoms with Crippen LogP contribution in [0.5, 0.6) is 0 Å². The minimum Gasteiger partial charge on any atom is -0.293 e. The van der Waals surface area contributed by atoms with Crippen LogP contribution in [0.25, 0.3) is 30.7 Å². The van der Waals surface area contributed by atoms with Crippen LogP contribution in [0.15, 0.2) is 48.5 Å². The lowest BCUT2D eigenvalue weighted by Gasteiger charge is -2.26. The predicted octanol–water partition coefficient (Wildman–Crippen LogP) is 15.9. The molecule has 0 bridgehead atoms. The number of rotatable bonds is 25. The largest absolute Gasteiger partial charge is 0.293 e. The van der Waals surface area contributed by atoms with E-state index in [1.807, 2.05) is 34.0 Å². The molecule has 6 rings (SSSR count). The Kier molecular flexibility index (Phi) is 15.9. The maximum atomic E-state index is 14.8. The maximum absolute atomic E-state index is 14.8. The fraction of sp³-hybridized carbons (Fsp3) is 0.577. The summed E-state index contributed by atoms with van der Waals surface area (Å²) in [5, 5.41) is 2.03. The van der Waals surface area contributed by atoms with Crippen molar-refractivity contribution < 1.29 is 9.59 Å². The average molecular weight is 823 g/mol. The molecule has 0 saturated heterocycles. The molecule has 0 amide bonds. The Bertz CT molecular complexity index is 2090. The smallest absolute Gasteiger partial charge is 0.173 e. The highest BCUT2D eigenvalue weighted by Gasteiger charge is 2.47. The van der Waals surface area contributed by atoms with Crippen LogP contribution in [0.1, 0.15) is 206 Å². The van der Waals surface area contributed by atoms with Gasteiger partial charge in [-0.05, 0) is 105 Å². The summed E-state index contributed by atoms with van der Waals surface area (Å²) in [5.74, 6) is 0.502. The molecule has 4 aromatic rings. The number of Topliss-reactive ketones (excluding diaryl/α,β-unsaturated/α-hetero) is 2. The summed E-state index contributed by atoms with van der Waals surface area (Å²) >= 11 is 5.51. The van der Waals surface area contributed by atoms with Gasteiger partial charge in [0.1, 0.15) is 0 Å². The summed E-state index contributed by atoms with van der Waals surface area (Å²) in [6.07, 6.45) is 27.5. The zero-order valence-electron chi connectivity index (χ0n) is 36.2. The van der Waals surface area contributed by atoms with Gasteiger partial charge in [0.2, 0.25) is 0 Å². The Morgan fingerprint density at radius 1 is 0.439 bits per heavy atom. The van der Waals surface area contributed by atoms with Gasteiger partial charge < -0.3 is 0 Å². The van der Waals surface area contributed by atoms with E-state index >= 15 is 0 Å². The van der Waals surface area contributed by atoms with Crippen LogP contribution >= 0.6 is 34.0 Å². The maximum Gasteiger partial charge on any atom is 0.173 e. The molecule has 2 nitrogen and oxygen atoms in total. The van der Waals surface area contributed by atoms with Crippen molar-refractivity contribution in [3.8, 4) is 19.5 Å². The second-order valence-corrected chi connectivity index (χ2v) is 21.3. The molecule has 2 aliphatic carbocycles. The molecule has 2 aliphatic rings. The molecule has 0 radical (unpaired) electrons. The molecule has 3 aromatic heterocycles. The van der Waals surface area contributed by atoms with E-state index in [4.69, 9.17) is 0 Å². The third kappa shape index (κ3) is 10.1. The Hall–Kier alpha value is -2.60. The summed E-state index contributed by atoms with van der Waals surface area (Å²) < 4.78 is 0. The van der Waals surface area contributed by atoms with Gasteiger partial charge >= 0.3 is 0 Å². The fourth-order valence-electron chi connectivity index (χ4n) is 9.62. The number of aryl methyl sites for hydroxylation is 1. The van der Waals surface area contributed by atoms with E-state index in [0.29, 0.717) is 0 Å².